The number of hydrogen-bond donors (Lipinski definition) is 3. The van der Waals surface area contributed by atoms with Crippen LogP contribution in [0.15, 0.2) is 40.5 Å². The fraction of sp³-hybridized carbons (Fsp3) is 0.100. The minimum absolute atomic E-state index is 0.000676. The first kappa shape index (κ1) is 11.3. The Morgan fingerprint density at radius 2 is 1.88 bits per heavy atom. The van der Waals surface area contributed by atoms with Crippen molar-refractivity contribution in [2.75, 3.05) is 0 Å². The van der Waals surface area contributed by atoms with Gasteiger partial charge in [0.15, 0.2) is 5.84 Å². The van der Waals surface area contributed by atoms with Crippen LogP contribution in [0.5, 0.6) is 0 Å². The predicted molar refractivity (Wildman–Crippen MR) is 64.8 cm³/mol. The van der Waals surface area contributed by atoms with E-state index in [4.69, 9.17) is 34.5 Å². The fourth-order valence-electron chi connectivity index (χ4n) is 1.48. The van der Waals surface area contributed by atoms with E-state index in [0.29, 0.717) is 0 Å². The topological polar surface area (TPSA) is 65.1 Å². The summed E-state index contributed by atoms with van der Waals surface area (Å²) in [5.41, 5.74) is 0.914. The predicted octanol–water partition coefficient (Wildman–Crippen LogP) is 2.09. The van der Waals surface area contributed by atoms with E-state index in [9.17, 15) is 0 Å². The van der Waals surface area contributed by atoms with Crippen LogP contribution in [0.3, 0.4) is 0 Å². The van der Waals surface area contributed by atoms with Crippen molar-refractivity contribution in [3.05, 3.63) is 46.1 Å². The van der Waals surface area contributed by atoms with Crippen molar-refractivity contribution in [2.45, 2.75) is 6.17 Å². The van der Waals surface area contributed by atoms with Crippen LogP contribution in [-0.2, 0) is 0 Å². The van der Waals surface area contributed by atoms with Gasteiger partial charge in [-0.2, -0.15) is 0 Å². The van der Waals surface area contributed by atoms with Gasteiger partial charge in [-0.05, 0) is 5.56 Å². The molecule has 0 fully saturated rings. The summed E-state index contributed by atoms with van der Waals surface area (Å²) in [6.45, 7) is 0. The standard InChI is InChI=1S/C10H10Cl2N4/c11-7-8(12)15-10(16(14)9(7)13)6-4-2-1-3-5-6/h1-5,10,13,15H,14H2. The van der Waals surface area contributed by atoms with E-state index in [1.165, 1.54) is 5.01 Å². The van der Waals surface area contributed by atoms with Crippen molar-refractivity contribution in [3.8, 4) is 0 Å². The zero-order chi connectivity index (χ0) is 11.7. The highest BCUT2D eigenvalue weighted by Gasteiger charge is 2.28. The molecule has 0 spiro atoms. The lowest BCUT2D eigenvalue weighted by Gasteiger charge is -2.34. The SMILES string of the molecule is N=C1C(Cl)=C(Cl)NC(c2ccccc2)N1N. The molecule has 0 saturated carbocycles. The smallest absolute Gasteiger partial charge is 0.159 e. The van der Waals surface area contributed by atoms with Gasteiger partial charge >= 0.3 is 0 Å². The largest absolute Gasteiger partial charge is 0.350 e. The number of nitrogens with one attached hydrogen (secondary N) is 2. The molecule has 1 heterocycles. The summed E-state index contributed by atoms with van der Waals surface area (Å²) >= 11 is 11.7. The summed E-state index contributed by atoms with van der Waals surface area (Å²) in [6.07, 6.45) is -0.372. The van der Waals surface area contributed by atoms with E-state index in [2.05, 4.69) is 5.32 Å². The van der Waals surface area contributed by atoms with Crippen molar-refractivity contribution in [1.29, 1.82) is 5.41 Å². The third-order valence-electron chi connectivity index (χ3n) is 2.32. The van der Waals surface area contributed by atoms with E-state index in [0.717, 1.165) is 5.56 Å². The van der Waals surface area contributed by atoms with Crippen LogP contribution >= 0.6 is 23.2 Å². The molecule has 1 aliphatic rings. The second kappa shape index (κ2) is 4.33. The van der Waals surface area contributed by atoms with E-state index >= 15 is 0 Å². The molecule has 1 unspecified atom stereocenters. The van der Waals surface area contributed by atoms with Crippen LogP contribution in [0, 0.1) is 5.41 Å². The monoisotopic (exact) mass is 256 g/mol. The molecule has 2 rings (SSSR count). The molecule has 0 aliphatic carbocycles. The van der Waals surface area contributed by atoms with Gasteiger partial charge in [-0.1, -0.05) is 53.5 Å². The Labute approximate surface area is 103 Å². The molecule has 16 heavy (non-hydrogen) atoms. The van der Waals surface area contributed by atoms with E-state index in [1.807, 2.05) is 30.3 Å². The fourth-order valence-corrected chi connectivity index (χ4v) is 1.82. The Morgan fingerprint density at radius 3 is 2.50 bits per heavy atom. The second-order valence-corrected chi connectivity index (χ2v) is 4.10. The molecule has 0 radical (unpaired) electrons. The molecule has 1 aliphatic heterocycles. The first-order chi connectivity index (χ1) is 7.61. The number of rotatable bonds is 1. The lowest BCUT2D eigenvalue weighted by atomic mass is 10.1. The van der Waals surface area contributed by atoms with Crippen LogP contribution in [0.4, 0.5) is 0 Å². The van der Waals surface area contributed by atoms with Gasteiger partial charge in [0.25, 0.3) is 0 Å². The van der Waals surface area contributed by atoms with E-state index in [1.54, 1.807) is 0 Å². The summed E-state index contributed by atoms with van der Waals surface area (Å²) in [5, 5.41) is 12.2. The van der Waals surface area contributed by atoms with Crippen LogP contribution in [0.1, 0.15) is 11.7 Å². The average Bonchev–Trinajstić information content (AvgIpc) is 2.32. The van der Waals surface area contributed by atoms with Crippen molar-refractivity contribution < 1.29 is 0 Å². The zero-order valence-corrected chi connectivity index (χ0v) is 9.76. The quantitative estimate of drug-likeness (QED) is 0.533. The molecule has 1 atom stereocenters. The lowest BCUT2D eigenvalue weighted by Crippen LogP contribution is -2.49. The molecule has 4 N–H and O–H groups in total. The Hall–Kier alpha value is -1.23. The highest BCUT2D eigenvalue weighted by atomic mass is 35.5. The van der Waals surface area contributed by atoms with E-state index < -0.39 is 0 Å². The average molecular weight is 257 g/mol. The van der Waals surface area contributed by atoms with Crippen molar-refractivity contribution in [2.24, 2.45) is 5.84 Å². The summed E-state index contributed by atoms with van der Waals surface area (Å²) < 4.78 is 0. The highest BCUT2D eigenvalue weighted by molar-refractivity contribution is 6.48. The zero-order valence-electron chi connectivity index (χ0n) is 8.24. The number of hydrazine groups is 1. The Morgan fingerprint density at radius 1 is 1.25 bits per heavy atom. The Balaban J connectivity index is 2.36. The van der Waals surface area contributed by atoms with Crippen LogP contribution in [0.25, 0.3) is 0 Å². The Kier molecular flexibility index (Phi) is 3.05. The summed E-state index contributed by atoms with van der Waals surface area (Å²) in [5.74, 6) is 5.78. The summed E-state index contributed by atoms with van der Waals surface area (Å²) in [6, 6.07) is 9.48. The van der Waals surface area contributed by atoms with Crippen LogP contribution < -0.4 is 11.2 Å². The molecular weight excluding hydrogens is 247 g/mol. The molecule has 1 aromatic rings. The molecule has 0 bridgehead atoms. The molecule has 0 amide bonds. The van der Waals surface area contributed by atoms with Gasteiger partial charge in [0.1, 0.15) is 16.4 Å². The van der Waals surface area contributed by atoms with Crippen molar-refractivity contribution in [1.82, 2.24) is 10.3 Å². The first-order valence-electron chi connectivity index (χ1n) is 4.61. The third kappa shape index (κ3) is 1.87. The summed E-state index contributed by atoms with van der Waals surface area (Å²) in [4.78, 5) is 0. The number of nitrogens with two attached hydrogens (primary N) is 1. The van der Waals surface area contributed by atoms with Gasteiger partial charge in [-0.25, -0.2) is 5.84 Å². The molecule has 0 saturated heterocycles. The molecule has 4 nitrogen and oxygen atoms in total. The number of nitrogens with zero attached hydrogens (tertiary/aromatic N) is 1. The van der Waals surface area contributed by atoms with Crippen molar-refractivity contribution >= 4 is 29.0 Å². The van der Waals surface area contributed by atoms with Gasteiger partial charge in [0, 0.05) is 0 Å². The van der Waals surface area contributed by atoms with Gasteiger partial charge < -0.3 is 5.32 Å². The second-order valence-electron chi connectivity index (χ2n) is 3.34. The van der Waals surface area contributed by atoms with Gasteiger partial charge in [-0.15, -0.1) is 0 Å². The number of halogens is 2. The maximum atomic E-state index is 7.70. The summed E-state index contributed by atoms with van der Waals surface area (Å²) in [7, 11) is 0. The van der Waals surface area contributed by atoms with Gasteiger partial charge in [-0.3, -0.25) is 10.4 Å². The molecule has 6 heteroatoms. The number of amidine groups is 1. The van der Waals surface area contributed by atoms with Crippen molar-refractivity contribution in [3.63, 3.8) is 0 Å². The third-order valence-corrected chi connectivity index (χ3v) is 3.08. The minimum Gasteiger partial charge on any atom is -0.350 e. The first-order valence-corrected chi connectivity index (χ1v) is 5.36. The molecular formula is C10H10Cl2N4. The number of hydrogen-bond acceptors (Lipinski definition) is 3. The highest BCUT2D eigenvalue weighted by Crippen LogP contribution is 2.27. The van der Waals surface area contributed by atoms with Crippen LogP contribution in [0.2, 0.25) is 0 Å². The van der Waals surface area contributed by atoms with Gasteiger partial charge in [0.2, 0.25) is 0 Å². The van der Waals surface area contributed by atoms with Gasteiger partial charge in [0.05, 0.1) is 0 Å². The maximum Gasteiger partial charge on any atom is 0.159 e. The van der Waals surface area contributed by atoms with E-state index in [-0.39, 0.29) is 22.2 Å². The minimum atomic E-state index is -0.372. The molecule has 84 valence electrons. The molecule has 0 aromatic heterocycles. The van der Waals surface area contributed by atoms with Crippen LogP contribution in [-0.4, -0.2) is 10.8 Å². The number of benzene rings is 1. The Bertz CT molecular complexity index is 443. The normalized spacial score (nSPS) is 21.1. The maximum absolute atomic E-state index is 7.70. The molecule has 1 aromatic carbocycles. The lowest BCUT2D eigenvalue weighted by molar-refractivity contribution is 0.286.